The van der Waals surface area contributed by atoms with Gasteiger partial charge in [0.15, 0.2) is 0 Å². The molecule has 0 aliphatic heterocycles. The number of aryl methyl sites for hydroxylation is 2. The largest absolute Gasteiger partial charge is 0.469 e. The van der Waals surface area contributed by atoms with Crippen LogP contribution >= 0.6 is 23.4 Å². The van der Waals surface area contributed by atoms with E-state index in [0.717, 1.165) is 22.5 Å². The molecule has 0 fully saturated rings. The lowest BCUT2D eigenvalue weighted by Gasteiger charge is -2.19. The molecule has 3 aromatic rings. The number of hydrogen-bond donors (Lipinski definition) is 1. The summed E-state index contributed by atoms with van der Waals surface area (Å²) in [4.78, 5) is 33.5. The van der Waals surface area contributed by atoms with Gasteiger partial charge in [0.25, 0.3) is 5.78 Å². The van der Waals surface area contributed by atoms with Gasteiger partial charge >= 0.3 is 5.97 Å². The standard InChI is InChI=1S/C21H24ClN5O3S/c1-12-16(13(2)27-20(23-12)25-21(26-27)31-4)9-10-18(28)24-17(11-19(29)30-3)14-5-7-15(22)8-6-14/h5-8,17H,9-11H2,1-4H3,(H,24,28)/t17-/m0/s1. The zero-order chi connectivity index (χ0) is 22.5. The van der Waals surface area contributed by atoms with Gasteiger partial charge in [-0.05, 0) is 49.8 Å². The molecule has 2 heterocycles. The minimum atomic E-state index is -0.500. The molecule has 31 heavy (non-hydrogen) atoms. The maximum Gasteiger partial charge on any atom is 0.307 e. The van der Waals surface area contributed by atoms with Gasteiger partial charge in [-0.3, -0.25) is 9.59 Å². The summed E-state index contributed by atoms with van der Waals surface area (Å²) in [5, 5.41) is 8.61. The monoisotopic (exact) mass is 461 g/mol. The van der Waals surface area contributed by atoms with Gasteiger partial charge in [0.05, 0.1) is 19.6 Å². The Bertz CT molecular complexity index is 1100. The molecule has 2 aromatic heterocycles. The number of carbonyl (C=O) groups is 2. The molecule has 0 aliphatic carbocycles. The summed E-state index contributed by atoms with van der Waals surface area (Å²) in [6.07, 6.45) is 2.68. The third kappa shape index (κ3) is 5.54. The number of carbonyl (C=O) groups excluding carboxylic acids is 2. The van der Waals surface area contributed by atoms with E-state index in [1.165, 1.54) is 18.9 Å². The highest BCUT2D eigenvalue weighted by atomic mass is 35.5. The van der Waals surface area contributed by atoms with Crippen molar-refractivity contribution in [2.24, 2.45) is 0 Å². The van der Waals surface area contributed by atoms with Crippen LogP contribution in [-0.2, 0) is 20.7 Å². The van der Waals surface area contributed by atoms with Gasteiger partial charge in [0, 0.05) is 22.8 Å². The van der Waals surface area contributed by atoms with Crippen molar-refractivity contribution in [2.45, 2.75) is 44.3 Å². The number of aromatic nitrogens is 4. The molecule has 8 nitrogen and oxygen atoms in total. The van der Waals surface area contributed by atoms with Crippen LogP contribution in [-0.4, -0.2) is 44.8 Å². The number of thioether (sulfide) groups is 1. The zero-order valence-electron chi connectivity index (χ0n) is 17.8. The normalized spacial score (nSPS) is 12.0. The van der Waals surface area contributed by atoms with Gasteiger partial charge in [0.1, 0.15) is 0 Å². The van der Waals surface area contributed by atoms with Crippen molar-refractivity contribution < 1.29 is 14.3 Å². The molecule has 1 atom stereocenters. The molecule has 0 unspecified atom stereocenters. The lowest BCUT2D eigenvalue weighted by atomic mass is 10.0. The summed E-state index contributed by atoms with van der Waals surface area (Å²) in [7, 11) is 1.32. The molecule has 0 radical (unpaired) electrons. The number of fused-ring (bicyclic) bond motifs is 1. The molecule has 164 valence electrons. The Kier molecular flexibility index (Phi) is 7.50. The molecule has 0 saturated carbocycles. The van der Waals surface area contributed by atoms with E-state index in [2.05, 4.69) is 20.4 Å². The van der Waals surface area contributed by atoms with E-state index in [0.29, 0.717) is 22.4 Å². The maximum atomic E-state index is 12.7. The fourth-order valence-electron chi connectivity index (χ4n) is 3.34. The maximum absolute atomic E-state index is 12.7. The molecule has 1 amide bonds. The first-order valence-corrected chi connectivity index (χ1v) is 11.3. The van der Waals surface area contributed by atoms with Crippen molar-refractivity contribution in [2.75, 3.05) is 13.4 Å². The Morgan fingerprint density at radius 2 is 1.94 bits per heavy atom. The van der Waals surface area contributed by atoms with Gasteiger partial charge < -0.3 is 10.1 Å². The van der Waals surface area contributed by atoms with E-state index < -0.39 is 12.0 Å². The number of esters is 1. The second-order valence-corrected chi connectivity index (χ2v) is 8.23. The number of hydrogen-bond acceptors (Lipinski definition) is 7. The molecule has 3 rings (SSSR count). The number of benzene rings is 1. The van der Waals surface area contributed by atoms with E-state index in [1.54, 1.807) is 28.8 Å². The van der Waals surface area contributed by atoms with Crippen molar-refractivity contribution in [3.05, 3.63) is 51.8 Å². The van der Waals surface area contributed by atoms with Crippen molar-refractivity contribution in [1.82, 2.24) is 24.9 Å². The van der Waals surface area contributed by atoms with Gasteiger partial charge in [-0.25, -0.2) is 9.50 Å². The van der Waals surface area contributed by atoms with Crippen molar-refractivity contribution in [3.8, 4) is 0 Å². The number of halogens is 1. The molecule has 0 spiro atoms. The number of amides is 1. The Morgan fingerprint density at radius 3 is 2.58 bits per heavy atom. The molecule has 0 aliphatic rings. The first-order valence-electron chi connectivity index (χ1n) is 9.70. The SMILES string of the molecule is COC(=O)C[C@H](NC(=O)CCc1c(C)nc2nc(SC)nn2c1C)c1ccc(Cl)cc1. The number of rotatable bonds is 8. The predicted molar refractivity (Wildman–Crippen MR) is 119 cm³/mol. The van der Waals surface area contributed by atoms with E-state index in [1.807, 2.05) is 20.1 Å². The topological polar surface area (TPSA) is 98.5 Å². The van der Waals surface area contributed by atoms with Gasteiger partial charge in [-0.15, -0.1) is 5.10 Å². The molecule has 1 aromatic carbocycles. The molecule has 0 bridgehead atoms. The van der Waals surface area contributed by atoms with Crippen LogP contribution in [0.25, 0.3) is 5.78 Å². The molecule has 10 heteroatoms. The Hall–Kier alpha value is -2.65. The molecular weight excluding hydrogens is 438 g/mol. The van der Waals surface area contributed by atoms with E-state index in [-0.39, 0.29) is 18.7 Å². The molecule has 0 saturated heterocycles. The highest BCUT2D eigenvalue weighted by Crippen LogP contribution is 2.21. The molecular formula is C21H24ClN5O3S. The van der Waals surface area contributed by atoms with Crippen LogP contribution < -0.4 is 5.32 Å². The van der Waals surface area contributed by atoms with Crippen LogP contribution in [0.1, 0.15) is 41.4 Å². The van der Waals surface area contributed by atoms with Crippen LogP contribution in [0.2, 0.25) is 5.02 Å². The third-order valence-electron chi connectivity index (χ3n) is 5.02. The van der Waals surface area contributed by atoms with Crippen LogP contribution in [0.15, 0.2) is 29.4 Å². The second kappa shape index (κ2) is 10.1. The van der Waals surface area contributed by atoms with Crippen LogP contribution in [0, 0.1) is 13.8 Å². The first kappa shape index (κ1) is 23.0. The average molecular weight is 462 g/mol. The highest BCUT2D eigenvalue weighted by molar-refractivity contribution is 7.98. The number of ether oxygens (including phenoxy) is 1. The summed E-state index contributed by atoms with van der Waals surface area (Å²) >= 11 is 7.41. The van der Waals surface area contributed by atoms with E-state index in [9.17, 15) is 9.59 Å². The van der Waals surface area contributed by atoms with Gasteiger partial charge in [-0.2, -0.15) is 4.98 Å². The Morgan fingerprint density at radius 1 is 1.23 bits per heavy atom. The number of methoxy groups -OCH3 is 1. The van der Waals surface area contributed by atoms with Gasteiger partial charge in [-0.1, -0.05) is 35.5 Å². The fourth-order valence-corrected chi connectivity index (χ4v) is 3.80. The lowest BCUT2D eigenvalue weighted by Crippen LogP contribution is -2.30. The van der Waals surface area contributed by atoms with Gasteiger partial charge in [0.2, 0.25) is 11.1 Å². The van der Waals surface area contributed by atoms with Crippen molar-refractivity contribution in [1.29, 1.82) is 0 Å². The zero-order valence-corrected chi connectivity index (χ0v) is 19.4. The summed E-state index contributed by atoms with van der Waals surface area (Å²) < 4.78 is 6.49. The fraction of sp³-hybridized carbons (Fsp3) is 0.381. The number of nitrogens with one attached hydrogen (secondary N) is 1. The lowest BCUT2D eigenvalue weighted by molar-refractivity contribution is -0.141. The highest BCUT2D eigenvalue weighted by Gasteiger charge is 2.20. The summed E-state index contributed by atoms with van der Waals surface area (Å²) in [6, 6.07) is 6.52. The average Bonchev–Trinajstić information content (AvgIpc) is 3.16. The Balaban J connectivity index is 1.74. The quantitative estimate of drug-likeness (QED) is 0.405. The Labute approximate surface area is 189 Å². The number of nitrogens with zero attached hydrogens (tertiary/aromatic N) is 4. The molecule has 1 N–H and O–H groups in total. The minimum Gasteiger partial charge on any atom is -0.469 e. The summed E-state index contributed by atoms with van der Waals surface area (Å²) in [5.41, 5.74) is 3.47. The summed E-state index contributed by atoms with van der Waals surface area (Å²) in [5.74, 6) is -0.0306. The first-order chi connectivity index (χ1) is 14.8. The van der Waals surface area contributed by atoms with Crippen molar-refractivity contribution >= 4 is 41.0 Å². The summed E-state index contributed by atoms with van der Waals surface area (Å²) in [6.45, 7) is 3.85. The van der Waals surface area contributed by atoms with E-state index in [4.69, 9.17) is 16.3 Å². The van der Waals surface area contributed by atoms with Crippen LogP contribution in [0.5, 0.6) is 0 Å². The predicted octanol–water partition coefficient (Wildman–Crippen LogP) is 3.47. The smallest absolute Gasteiger partial charge is 0.307 e. The van der Waals surface area contributed by atoms with Crippen LogP contribution in [0.3, 0.4) is 0 Å². The van der Waals surface area contributed by atoms with Crippen LogP contribution in [0.4, 0.5) is 0 Å². The minimum absolute atomic E-state index is 0.0336. The van der Waals surface area contributed by atoms with Crippen molar-refractivity contribution in [3.63, 3.8) is 0 Å². The van der Waals surface area contributed by atoms with E-state index >= 15 is 0 Å². The second-order valence-electron chi connectivity index (χ2n) is 7.02. The third-order valence-corrected chi connectivity index (χ3v) is 5.81.